The lowest BCUT2D eigenvalue weighted by molar-refractivity contribution is -0.132. The molecule has 27 heavy (non-hydrogen) atoms. The van der Waals surface area contributed by atoms with Crippen molar-refractivity contribution in [3.05, 3.63) is 48.2 Å². The highest BCUT2D eigenvalue weighted by Crippen LogP contribution is 2.26. The largest absolute Gasteiger partial charge is 0.348 e. The molecule has 2 aromatic rings. The molecule has 3 rings (SSSR count). The van der Waals surface area contributed by atoms with Crippen LogP contribution in [0.3, 0.4) is 0 Å². The molecule has 6 nitrogen and oxygen atoms in total. The third-order valence-corrected chi connectivity index (χ3v) is 5.19. The van der Waals surface area contributed by atoms with Gasteiger partial charge in [0.25, 0.3) is 0 Å². The molecule has 0 spiro atoms. The van der Waals surface area contributed by atoms with Gasteiger partial charge in [-0.3, -0.25) is 4.79 Å². The predicted molar refractivity (Wildman–Crippen MR) is 111 cm³/mol. The van der Waals surface area contributed by atoms with Crippen LogP contribution in [0.4, 0.5) is 11.8 Å². The third kappa shape index (κ3) is 4.38. The van der Waals surface area contributed by atoms with Gasteiger partial charge in [-0.1, -0.05) is 30.3 Å². The highest BCUT2D eigenvalue weighted by Gasteiger charge is 2.33. The van der Waals surface area contributed by atoms with Gasteiger partial charge in [0.05, 0.1) is 6.04 Å². The molecule has 1 N–H and O–H groups in total. The number of hydrogen-bond acceptors (Lipinski definition) is 5. The van der Waals surface area contributed by atoms with E-state index in [0.29, 0.717) is 5.95 Å². The summed E-state index contributed by atoms with van der Waals surface area (Å²) in [5, 5.41) is 3.37. The molecule has 1 aromatic heterocycles. The molecule has 6 heteroatoms. The van der Waals surface area contributed by atoms with Gasteiger partial charge in [-0.2, -0.15) is 4.98 Å². The van der Waals surface area contributed by atoms with E-state index in [2.05, 4.69) is 34.3 Å². The fraction of sp³-hybridized carbons (Fsp3) is 0.476. The number of rotatable bonds is 7. The van der Waals surface area contributed by atoms with Crippen LogP contribution in [-0.2, 0) is 4.79 Å². The lowest BCUT2D eigenvalue weighted by Crippen LogP contribution is -2.46. The number of benzene rings is 1. The Balaban J connectivity index is 0.00000280. The van der Waals surface area contributed by atoms with Crippen LogP contribution >= 0.6 is 0 Å². The van der Waals surface area contributed by atoms with Gasteiger partial charge in [-0.25, -0.2) is 4.98 Å². The van der Waals surface area contributed by atoms with Crippen molar-refractivity contribution in [2.24, 2.45) is 0 Å². The van der Waals surface area contributed by atoms with E-state index in [1.54, 1.807) is 6.20 Å². The molecule has 0 radical (unpaired) electrons. The Kier molecular flexibility index (Phi) is 6.27. The lowest BCUT2D eigenvalue weighted by Gasteiger charge is -2.29. The molecule has 1 amide bonds. The fourth-order valence-corrected chi connectivity index (χ4v) is 3.64. The zero-order chi connectivity index (χ0) is 19.2. The maximum Gasteiger partial charge on any atom is 0.245 e. The van der Waals surface area contributed by atoms with Crippen molar-refractivity contribution in [1.29, 1.82) is 0 Å². The number of likely N-dealkylation sites (N-methyl/N-ethyl adjacent to an activating group) is 1. The van der Waals surface area contributed by atoms with Crippen LogP contribution in [-0.4, -0.2) is 46.5 Å². The summed E-state index contributed by atoms with van der Waals surface area (Å²) in [6.45, 7) is 8.47. The van der Waals surface area contributed by atoms with Crippen LogP contribution in [0.1, 0.15) is 46.6 Å². The summed E-state index contributed by atoms with van der Waals surface area (Å²) in [4.78, 5) is 26.0. The first-order chi connectivity index (χ1) is 13.1. The van der Waals surface area contributed by atoms with Crippen LogP contribution in [0, 0.1) is 0 Å². The number of hydrogen-bond donors (Lipinski definition) is 1. The van der Waals surface area contributed by atoms with Crippen molar-refractivity contribution in [2.75, 3.05) is 29.9 Å². The number of carbonyl (C=O) groups is 1. The molecular formula is C21H31N5O. The second-order valence-electron chi connectivity index (χ2n) is 6.88. The summed E-state index contributed by atoms with van der Waals surface area (Å²) in [7, 11) is 0. The van der Waals surface area contributed by atoms with E-state index in [4.69, 9.17) is 4.98 Å². The molecule has 1 aliphatic heterocycles. The molecule has 0 aliphatic carbocycles. The molecule has 2 heterocycles. The average Bonchev–Trinajstić information content (AvgIpc) is 3.19. The molecule has 146 valence electrons. The quantitative estimate of drug-likeness (QED) is 0.806. The van der Waals surface area contributed by atoms with Gasteiger partial charge in [-0.15, -0.1) is 0 Å². The summed E-state index contributed by atoms with van der Waals surface area (Å²) < 4.78 is 0. The second-order valence-corrected chi connectivity index (χ2v) is 6.88. The Hall–Kier alpha value is -2.63. The highest BCUT2D eigenvalue weighted by atomic mass is 16.2. The Bertz CT molecular complexity index is 753. The molecule has 1 fully saturated rings. The SMILES string of the molecule is CCN(CC)C(=O)[C@@H]1CCCN1c1ccnc(N[C@@H](C)c2ccccc2)n1.[HH]. The van der Waals surface area contributed by atoms with Gasteiger partial charge in [0.1, 0.15) is 11.9 Å². The van der Waals surface area contributed by atoms with Gasteiger partial charge in [0.15, 0.2) is 0 Å². The average molecular weight is 370 g/mol. The van der Waals surface area contributed by atoms with Crippen LogP contribution < -0.4 is 10.2 Å². The molecule has 0 unspecified atom stereocenters. The predicted octanol–water partition coefficient (Wildman–Crippen LogP) is 3.73. The topological polar surface area (TPSA) is 61.4 Å². The number of amides is 1. The normalized spacial score (nSPS) is 17.6. The summed E-state index contributed by atoms with van der Waals surface area (Å²) in [6.07, 6.45) is 3.65. The van der Waals surface area contributed by atoms with E-state index in [9.17, 15) is 4.79 Å². The van der Waals surface area contributed by atoms with E-state index in [1.807, 2.05) is 43.0 Å². The molecule has 2 atom stereocenters. The Morgan fingerprint density at radius 1 is 1.30 bits per heavy atom. The van der Waals surface area contributed by atoms with Gasteiger partial charge < -0.3 is 15.1 Å². The Labute approximate surface area is 163 Å². The number of anilines is 2. The Morgan fingerprint density at radius 2 is 2.04 bits per heavy atom. The third-order valence-electron chi connectivity index (χ3n) is 5.19. The van der Waals surface area contributed by atoms with Gasteiger partial charge >= 0.3 is 0 Å². The van der Waals surface area contributed by atoms with Crippen molar-refractivity contribution in [3.8, 4) is 0 Å². The number of aromatic nitrogens is 2. The maximum atomic E-state index is 12.9. The van der Waals surface area contributed by atoms with Crippen LogP contribution in [0.5, 0.6) is 0 Å². The summed E-state index contributed by atoms with van der Waals surface area (Å²) in [6, 6.07) is 12.1. The second kappa shape index (κ2) is 8.84. The fourth-order valence-electron chi connectivity index (χ4n) is 3.64. The molecule has 1 aromatic carbocycles. The molecule has 0 saturated carbocycles. The lowest BCUT2D eigenvalue weighted by atomic mass is 10.1. The zero-order valence-electron chi connectivity index (χ0n) is 16.4. The number of nitrogens with one attached hydrogen (secondary N) is 1. The van der Waals surface area contributed by atoms with Crippen molar-refractivity contribution in [3.63, 3.8) is 0 Å². The van der Waals surface area contributed by atoms with Crippen LogP contribution in [0.25, 0.3) is 0 Å². The van der Waals surface area contributed by atoms with Gasteiger partial charge in [0.2, 0.25) is 11.9 Å². The minimum Gasteiger partial charge on any atom is -0.348 e. The van der Waals surface area contributed by atoms with Gasteiger partial charge in [0, 0.05) is 27.3 Å². The van der Waals surface area contributed by atoms with Gasteiger partial charge in [-0.05, 0) is 45.2 Å². The van der Waals surface area contributed by atoms with Crippen molar-refractivity contribution in [2.45, 2.75) is 45.7 Å². The molecule has 0 bridgehead atoms. The van der Waals surface area contributed by atoms with E-state index in [1.165, 1.54) is 5.56 Å². The van der Waals surface area contributed by atoms with Crippen LogP contribution in [0.2, 0.25) is 0 Å². The molecule has 1 aliphatic rings. The molecule has 1 saturated heterocycles. The molecular weight excluding hydrogens is 338 g/mol. The maximum absolute atomic E-state index is 12.9. The smallest absolute Gasteiger partial charge is 0.245 e. The van der Waals surface area contributed by atoms with E-state index in [-0.39, 0.29) is 19.4 Å². The minimum absolute atomic E-state index is 0. The standard InChI is InChI=1S/C21H29N5O.H2/c1-4-25(5-2)20(27)18-12-9-15-26(18)19-13-14-22-21(24-19)23-16(3)17-10-7-6-8-11-17;/h6-8,10-11,13-14,16,18H,4-5,9,12,15H2,1-3H3,(H,22,23,24);1H/t16-,18-;/m0./s1. The zero-order valence-corrected chi connectivity index (χ0v) is 16.4. The first kappa shape index (κ1) is 19.1. The van der Waals surface area contributed by atoms with E-state index >= 15 is 0 Å². The monoisotopic (exact) mass is 369 g/mol. The summed E-state index contributed by atoms with van der Waals surface area (Å²) in [5.41, 5.74) is 1.18. The Morgan fingerprint density at radius 3 is 2.74 bits per heavy atom. The first-order valence-electron chi connectivity index (χ1n) is 9.84. The number of nitrogens with zero attached hydrogens (tertiary/aromatic N) is 4. The van der Waals surface area contributed by atoms with E-state index in [0.717, 1.165) is 38.3 Å². The van der Waals surface area contributed by atoms with Crippen LogP contribution in [0.15, 0.2) is 42.6 Å². The minimum atomic E-state index is -0.126. The van der Waals surface area contributed by atoms with Crippen molar-refractivity contribution in [1.82, 2.24) is 14.9 Å². The summed E-state index contributed by atoms with van der Waals surface area (Å²) >= 11 is 0. The van der Waals surface area contributed by atoms with Crippen molar-refractivity contribution < 1.29 is 6.22 Å². The highest BCUT2D eigenvalue weighted by molar-refractivity contribution is 5.85. The summed E-state index contributed by atoms with van der Waals surface area (Å²) in [5.74, 6) is 1.60. The number of carbonyl (C=O) groups excluding carboxylic acids is 1. The first-order valence-corrected chi connectivity index (χ1v) is 9.84. The van der Waals surface area contributed by atoms with E-state index < -0.39 is 0 Å². The van der Waals surface area contributed by atoms with Crippen molar-refractivity contribution >= 4 is 17.7 Å².